The Labute approximate surface area is 187 Å². The summed E-state index contributed by atoms with van der Waals surface area (Å²) in [4.78, 5) is 0. The average Bonchev–Trinajstić information content (AvgIpc) is 2.74. The van der Waals surface area contributed by atoms with E-state index in [0.29, 0.717) is 4.43 Å². The van der Waals surface area contributed by atoms with Gasteiger partial charge in [-0.1, -0.05) is 91.0 Å². The SMILES string of the molecule is CC(C)(CCCc1cccc(Oc2ccccc2)c1)c1ccc(C(F)CI)cc1. The summed E-state index contributed by atoms with van der Waals surface area (Å²) in [6.45, 7) is 4.53. The molecule has 0 bridgehead atoms. The second kappa shape index (κ2) is 10.2. The van der Waals surface area contributed by atoms with Crippen LogP contribution in [0.3, 0.4) is 0 Å². The number of halogens is 2. The van der Waals surface area contributed by atoms with Crippen molar-refractivity contribution in [1.82, 2.24) is 0 Å². The van der Waals surface area contributed by atoms with Gasteiger partial charge in [-0.15, -0.1) is 0 Å². The van der Waals surface area contributed by atoms with Gasteiger partial charge < -0.3 is 4.74 Å². The second-order valence-corrected chi connectivity index (χ2v) is 8.92. The molecule has 3 heteroatoms. The van der Waals surface area contributed by atoms with E-state index in [1.165, 1.54) is 11.1 Å². The number of para-hydroxylation sites is 1. The second-order valence-electron chi connectivity index (χ2n) is 8.04. The molecule has 1 unspecified atom stereocenters. The molecule has 0 aliphatic rings. The highest BCUT2D eigenvalue weighted by Gasteiger charge is 2.20. The van der Waals surface area contributed by atoms with E-state index in [9.17, 15) is 4.39 Å². The van der Waals surface area contributed by atoms with Gasteiger partial charge in [0.2, 0.25) is 0 Å². The van der Waals surface area contributed by atoms with E-state index in [-0.39, 0.29) is 5.41 Å². The third kappa shape index (κ3) is 6.30. The summed E-state index contributed by atoms with van der Waals surface area (Å²) in [6, 6.07) is 26.2. The minimum absolute atomic E-state index is 0.0623. The lowest BCUT2D eigenvalue weighted by atomic mass is 9.79. The van der Waals surface area contributed by atoms with Gasteiger partial charge in [0, 0.05) is 4.43 Å². The molecule has 0 aromatic heterocycles. The summed E-state index contributed by atoms with van der Waals surface area (Å²) >= 11 is 2.09. The molecule has 0 amide bonds. The molecular formula is C26H28FIO. The van der Waals surface area contributed by atoms with Crippen LogP contribution in [0, 0.1) is 0 Å². The van der Waals surface area contributed by atoms with Crippen molar-refractivity contribution in [2.45, 2.75) is 44.7 Å². The molecule has 0 radical (unpaired) electrons. The summed E-state index contributed by atoms with van der Waals surface area (Å²) in [6.07, 6.45) is 2.29. The molecule has 0 aliphatic heterocycles. The quantitative estimate of drug-likeness (QED) is 0.212. The average molecular weight is 502 g/mol. The maximum Gasteiger partial charge on any atom is 0.134 e. The van der Waals surface area contributed by atoms with Crippen molar-refractivity contribution in [3.05, 3.63) is 95.6 Å². The van der Waals surface area contributed by atoms with Gasteiger partial charge in [-0.3, -0.25) is 0 Å². The first-order valence-corrected chi connectivity index (χ1v) is 11.6. The van der Waals surface area contributed by atoms with Crippen molar-refractivity contribution in [2.75, 3.05) is 4.43 Å². The van der Waals surface area contributed by atoms with E-state index < -0.39 is 6.17 Å². The fourth-order valence-corrected chi connectivity index (χ4v) is 4.01. The zero-order valence-electron chi connectivity index (χ0n) is 17.1. The van der Waals surface area contributed by atoms with Crippen LogP contribution in [-0.2, 0) is 11.8 Å². The Bertz CT molecular complexity index is 890. The Morgan fingerprint density at radius 1 is 0.897 bits per heavy atom. The Morgan fingerprint density at radius 2 is 1.59 bits per heavy atom. The summed E-state index contributed by atoms with van der Waals surface area (Å²) in [5, 5.41) is 0. The van der Waals surface area contributed by atoms with Crippen LogP contribution < -0.4 is 4.74 Å². The molecule has 0 fully saturated rings. The first kappa shape index (κ1) is 21.8. The van der Waals surface area contributed by atoms with Crippen molar-refractivity contribution < 1.29 is 9.13 Å². The molecular weight excluding hydrogens is 474 g/mol. The molecule has 29 heavy (non-hydrogen) atoms. The predicted molar refractivity (Wildman–Crippen MR) is 128 cm³/mol. The standard InChI is InChI=1S/C26H28FIO/c1-26(2,22-15-13-21(14-16-22)25(27)19-28)17-7-9-20-8-6-12-24(18-20)29-23-10-4-3-5-11-23/h3-6,8,10-16,18,25H,7,9,17,19H2,1-2H3. The van der Waals surface area contributed by atoms with Crippen LogP contribution in [0.2, 0.25) is 0 Å². The maximum absolute atomic E-state index is 13.8. The molecule has 0 aliphatic carbocycles. The first-order chi connectivity index (χ1) is 14.0. The number of alkyl halides is 2. The zero-order valence-corrected chi connectivity index (χ0v) is 19.2. The van der Waals surface area contributed by atoms with Gasteiger partial charge in [0.15, 0.2) is 0 Å². The molecule has 3 aromatic rings. The highest BCUT2D eigenvalue weighted by Crippen LogP contribution is 2.31. The van der Waals surface area contributed by atoms with Gasteiger partial charge in [-0.05, 0) is 65.6 Å². The summed E-state index contributed by atoms with van der Waals surface area (Å²) in [5.41, 5.74) is 3.39. The maximum atomic E-state index is 13.8. The van der Waals surface area contributed by atoms with E-state index in [1.54, 1.807) is 0 Å². The number of benzene rings is 3. The first-order valence-electron chi connectivity index (χ1n) is 10.1. The minimum atomic E-state index is -0.877. The lowest BCUT2D eigenvalue weighted by Gasteiger charge is -2.26. The van der Waals surface area contributed by atoms with Crippen molar-refractivity contribution in [3.63, 3.8) is 0 Å². The largest absolute Gasteiger partial charge is 0.457 e. The zero-order chi connectivity index (χ0) is 20.7. The van der Waals surface area contributed by atoms with Crippen molar-refractivity contribution in [1.29, 1.82) is 0 Å². The van der Waals surface area contributed by atoms with Gasteiger partial charge in [0.25, 0.3) is 0 Å². The number of ether oxygens (including phenoxy) is 1. The van der Waals surface area contributed by atoms with Gasteiger partial charge in [-0.25, -0.2) is 4.39 Å². The smallest absolute Gasteiger partial charge is 0.134 e. The van der Waals surface area contributed by atoms with Gasteiger partial charge in [-0.2, -0.15) is 0 Å². The minimum Gasteiger partial charge on any atom is -0.457 e. The number of aryl methyl sites for hydroxylation is 1. The fraction of sp³-hybridized carbons (Fsp3) is 0.308. The van der Waals surface area contributed by atoms with E-state index in [0.717, 1.165) is 36.3 Å². The van der Waals surface area contributed by atoms with Gasteiger partial charge in [0.1, 0.15) is 17.7 Å². The fourth-order valence-electron chi connectivity index (χ4n) is 3.50. The van der Waals surface area contributed by atoms with Crippen LogP contribution >= 0.6 is 22.6 Å². The molecule has 0 saturated carbocycles. The summed E-state index contributed by atoms with van der Waals surface area (Å²) in [7, 11) is 0. The van der Waals surface area contributed by atoms with Crippen LogP contribution in [0.15, 0.2) is 78.9 Å². The number of hydrogen-bond acceptors (Lipinski definition) is 1. The molecule has 152 valence electrons. The molecule has 0 N–H and O–H groups in total. The molecule has 1 atom stereocenters. The molecule has 3 aromatic carbocycles. The normalized spacial score (nSPS) is 12.6. The van der Waals surface area contributed by atoms with Crippen molar-refractivity contribution >= 4 is 22.6 Å². The molecule has 0 spiro atoms. The Balaban J connectivity index is 1.56. The third-order valence-corrected chi connectivity index (χ3v) is 6.11. The van der Waals surface area contributed by atoms with E-state index in [1.807, 2.05) is 48.5 Å². The van der Waals surface area contributed by atoms with Crippen LogP contribution in [0.4, 0.5) is 4.39 Å². The van der Waals surface area contributed by atoms with Crippen molar-refractivity contribution in [2.24, 2.45) is 0 Å². The Hall–Kier alpha value is -1.88. The topological polar surface area (TPSA) is 9.23 Å². The van der Waals surface area contributed by atoms with Crippen LogP contribution in [0.1, 0.15) is 49.6 Å². The van der Waals surface area contributed by atoms with E-state index in [4.69, 9.17) is 4.74 Å². The van der Waals surface area contributed by atoms with Crippen LogP contribution in [-0.4, -0.2) is 4.43 Å². The van der Waals surface area contributed by atoms with Crippen molar-refractivity contribution in [3.8, 4) is 11.5 Å². The Kier molecular flexibility index (Phi) is 7.70. The monoisotopic (exact) mass is 502 g/mol. The lowest BCUT2D eigenvalue weighted by Crippen LogP contribution is -2.17. The summed E-state index contributed by atoms with van der Waals surface area (Å²) < 4.78 is 20.3. The molecule has 0 saturated heterocycles. The van der Waals surface area contributed by atoms with Gasteiger partial charge >= 0.3 is 0 Å². The van der Waals surface area contributed by atoms with E-state index in [2.05, 4.69) is 66.8 Å². The molecule has 3 rings (SSSR count). The number of rotatable bonds is 9. The summed E-state index contributed by atoms with van der Waals surface area (Å²) in [5.74, 6) is 1.73. The Morgan fingerprint density at radius 3 is 2.28 bits per heavy atom. The van der Waals surface area contributed by atoms with Gasteiger partial charge in [0.05, 0.1) is 0 Å². The molecule has 0 heterocycles. The predicted octanol–water partition coefficient (Wildman–Crippen LogP) is 8.23. The highest BCUT2D eigenvalue weighted by atomic mass is 127. The van der Waals surface area contributed by atoms with Crippen LogP contribution in [0.25, 0.3) is 0 Å². The van der Waals surface area contributed by atoms with Crippen LogP contribution in [0.5, 0.6) is 11.5 Å². The van der Waals surface area contributed by atoms with E-state index >= 15 is 0 Å². The highest BCUT2D eigenvalue weighted by molar-refractivity contribution is 14.1. The number of hydrogen-bond donors (Lipinski definition) is 0. The lowest BCUT2D eigenvalue weighted by molar-refractivity contribution is 0.384. The molecule has 1 nitrogen and oxygen atoms in total. The third-order valence-electron chi connectivity index (χ3n) is 5.33.